The third kappa shape index (κ3) is 2.24. The van der Waals surface area contributed by atoms with Crippen molar-refractivity contribution in [2.75, 3.05) is 31.6 Å². The summed E-state index contributed by atoms with van der Waals surface area (Å²) in [5, 5.41) is 0. The van der Waals surface area contributed by atoms with E-state index in [0.717, 1.165) is 44.0 Å². The van der Waals surface area contributed by atoms with Gasteiger partial charge in [-0.25, -0.2) is 9.97 Å². The van der Waals surface area contributed by atoms with Gasteiger partial charge in [-0.1, -0.05) is 0 Å². The van der Waals surface area contributed by atoms with Crippen molar-refractivity contribution in [1.29, 1.82) is 0 Å². The van der Waals surface area contributed by atoms with E-state index >= 15 is 0 Å². The lowest BCUT2D eigenvalue weighted by atomic mass is 9.97. The molecular formula is C11H18N4O. The molecule has 0 amide bonds. The molecule has 0 saturated carbocycles. The van der Waals surface area contributed by atoms with Crippen LogP contribution in [0.25, 0.3) is 0 Å². The monoisotopic (exact) mass is 222 g/mol. The van der Waals surface area contributed by atoms with Crippen LogP contribution in [0.2, 0.25) is 0 Å². The van der Waals surface area contributed by atoms with Crippen LogP contribution >= 0.6 is 0 Å². The van der Waals surface area contributed by atoms with Crippen LogP contribution in [0.15, 0.2) is 12.5 Å². The summed E-state index contributed by atoms with van der Waals surface area (Å²) in [6, 6.07) is 0. The molecule has 2 heterocycles. The Morgan fingerprint density at radius 3 is 2.88 bits per heavy atom. The normalized spacial score (nSPS) is 17.5. The first kappa shape index (κ1) is 11.1. The molecule has 88 valence electrons. The van der Waals surface area contributed by atoms with Crippen molar-refractivity contribution in [2.45, 2.75) is 12.8 Å². The first-order chi connectivity index (χ1) is 7.85. The SMILES string of the molecule is COc1cncnc1N1CCC(CN)CC1. The number of nitrogens with zero attached hydrogens (tertiary/aromatic N) is 3. The smallest absolute Gasteiger partial charge is 0.179 e. The molecule has 1 aliphatic rings. The van der Waals surface area contributed by atoms with E-state index in [4.69, 9.17) is 10.5 Å². The molecule has 0 aliphatic carbocycles. The Morgan fingerprint density at radius 1 is 1.50 bits per heavy atom. The van der Waals surface area contributed by atoms with Gasteiger partial charge in [0.1, 0.15) is 6.33 Å². The van der Waals surface area contributed by atoms with Crippen molar-refractivity contribution in [3.63, 3.8) is 0 Å². The molecule has 0 aromatic carbocycles. The van der Waals surface area contributed by atoms with E-state index in [1.54, 1.807) is 19.6 Å². The fourth-order valence-electron chi connectivity index (χ4n) is 2.07. The highest BCUT2D eigenvalue weighted by Crippen LogP contribution is 2.27. The Bertz CT molecular complexity index is 337. The Kier molecular flexibility index (Phi) is 3.56. The van der Waals surface area contributed by atoms with Gasteiger partial charge in [0, 0.05) is 13.1 Å². The van der Waals surface area contributed by atoms with Crippen molar-refractivity contribution in [1.82, 2.24) is 9.97 Å². The molecule has 1 fully saturated rings. The molecule has 0 spiro atoms. The fraction of sp³-hybridized carbons (Fsp3) is 0.636. The van der Waals surface area contributed by atoms with Gasteiger partial charge in [0.05, 0.1) is 13.3 Å². The molecule has 1 aromatic heterocycles. The van der Waals surface area contributed by atoms with Crippen LogP contribution in [-0.2, 0) is 0 Å². The molecular weight excluding hydrogens is 204 g/mol. The average Bonchev–Trinajstić information content (AvgIpc) is 2.39. The second kappa shape index (κ2) is 5.12. The third-order valence-electron chi connectivity index (χ3n) is 3.13. The highest BCUT2D eigenvalue weighted by atomic mass is 16.5. The summed E-state index contributed by atoms with van der Waals surface area (Å²) in [4.78, 5) is 10.5. The summed E-state index contributed by atoms with van der Waals surface area (Å²) in [7, 11) is 1.65. The van der Waals surface area contributed by atoms with Crippen LogP contribution in [0.3, 0.4) is 0 Å². The summed E-state index contributed by atoms with van der Waals surface area (Å²) in [6.07, 6.45) is 5.53. The number of rotatable bonds is 3. The summed E-state index contributed by atoms with van der Waals surface area (Å²) in [6.45, 7) is 2.78. The van der Waals surface area contributed by atoms with Crippen LogP contribution in [0.5, 0.6) is 5.75 Å². The molecule has 1 aromatic rings. The summed E-state index contributed by atoms with van der Waals surface area (Å²) in [5.41, 5.74) is 5.67. The zero-order valence-corrected chi connectivity index (χ0v) is 9.59. The first-order valence-electron chi connectivity index (χ1n) is 5.64. The Balaban J connectivity index is 2.07. The second-order valence-corrected chi connectivity index (χ2v) is 4.08. The predicted molar refractivity (Wildman–Crippen MR) is 62.6 cm³/mol. The zero-order valence-electron chi connectivity index (χ0n) is 9.59. The molecule has 5 nitrogen and oxygen atoms in total. The lowest BCUT2D eigenvalue weighted by molar-refractivity contribution is 0.392. The van der Waals surface area contributed by atoms with Crippen molar-refractivity contribution < 1.29 is 4.74 Å². The number of hydrogen-bond acceptors (Lipinski definition) is 5. The van der Waals surface area contributed by atoms with Gasteiger partial charge in [-0.15, -0.1) is 0 Å². The minimum Gasteiger partial charge on any atom is -0.491 e. The lowest BCUT2D eigenvalue weighted by Crippen LogP contribution is -2.36. The van der Waals surface area contributed by atoms with Crippen molar-refractivity contribution in [3.05, 3.63) is 12.5 Å². The van der Waals surface area contributed by atoms with Crippen molar-refractivity contribution in [3.8, 4) is 5.75 Å². The van der Waals surface area contributed by atoms with E-state index in [9.17, 15) is 0 Å². The molecule has 0 bridgehead atoms. The minimum atomic E-state index is 0.657. The zero-order chi connectivity index (χ0) is 11.4. The van der Waals surface area contributed by atoms with E-state index < -0.39 is 0 Å². The van der Waals surface area contributed by atoms with Gasteiger partial charge in [0.25, 0.3) is 0 Å². The number of aromatic nitrogens is 2. The Labute approximate surface area is 95.6 Å². The maximum atomic E-state index is 5.67. The first-order valence-corrected chi connectivity index (χ1v) is 5.64. The van der Waals surface area contributed by atoms with E-state index in [1.807, 2.05) is 0 Å². The van der Waals surface area contributed by atoms with E-state index in [0.29, 0.717) is 5.92 Å². The summed E-state index contributed by atoms with van der Waals surface area (Å²) in [5.74, 6) is 2.30. The number of nitrogens with two attached hydrogens (primary N) is 1. The molecule has 1 saturated heterocycles. The largest absolute Gasteiger partial charge is 0.491 e. The van der Waals surface area contributed by atoms with Gasteiger partial charge >= 0.3 is 0 Å². The molecule has 1 aliphatic heterocycles. The molecule has 2 rings (SSSR count). The van der Waals surface area contributed by atoms with E-state index in [-0.39, 0.29) is 0 Å². The Hall–Kier alpha value is -1.36. The van der Waals surface area contributed by atoms with Crippen molar-refractivity contribution >= 4 is 5.82 Å². The molecule has 0 atom stereocenters. The van der Waals surface area contributed by atoms with Crippen LogP contribution in [-0.4, -0.2) is 36.7 Å². The maximum absolute atomic E-state index is 5.67. The fourth-order valence-corrected chi connectivity index (χ4v) is 2.07. The van der Waals surface area contributed by atoms with Gasteiger partial charge in [-0.2, -0.15) is 0 Å². The summed E-state index contributed by atoms with van der Waals surface area (Å²) >= 11 is 0. The van der Waals surface area contributed by atoms with Crippen LogP contribution in [0, 0.1) is 5.92 Å². The van der Waals surface area contributed by atoms with Crippen LogP contribution < -0.4 is 15.4 Å². The molecule has 2 N–H and O–H groups in total. The molecule has 0 radical (unpaired) electrons. The van der Waals surface area contributed by atoms with Gasteiger partial charge in [-0.3, -0.25) is 0 Å². The molecule has 0 unspecified atom stereocenters. The number of hydrogen-bond donors (Lipinski definition) is 1. The number of anilines is 1. The minimum absolute atomic E-state index is 0.657. The van der Waals surface area contributed by atoms with Gasteiger partial charge < -0.3 is 15.4 Å². The number of piperidine rings is 1. The quantitative estimate of drug-likeness (QED) is 0.814. The number of methoxy groups -OCH3 is 1. The number of ether oxygens (including phenoxy) is 1. The third-order valence-corrected chi connectivity index (χ3v) is 3.13. The lowest BCUT2D eigenvalue weighted by Gasteiger charge is -2.32. The van der Waals surface area contributed by atoms with Crippen LogP contribution in [0.1, 0.15) is 12.8 Å². The Morgan fingerprint density at radius 2 is 2.25 bits per heavy atom. The second-order valence-electron chi connectivity index (χ2n) is 4.08. The molecule has 5 heteroatoms. The van der Waals surface area contributed by atoms with E-state index in [2.05, 4.69) is 14.9 Å². The average molecular weight is 222 g/mol. The highest BCUT2D eigenvalue weighted by Gasteiger charge is 2.21. The summed E-state index contributed by atoms with van der Waals surface area (Å²) < 4.78 is 5.26. The van der Waals surface area contributed by atoms with Crippen molar-refractivity contribution in [2.24, 2.45) is 11.7 Å². The molecule has 16 heavy (non-hydrogen) atoms. The maximum Gasteiger partial charge on any atom is 0.179 e. The predicted octanol–water partition coefficient (Wildman–Crippen LogP) is 0.660. The van der Waals surface area contributed by atoms with Gasteiger partial charge in [0.15, 0.2) is 11.6 Å². The van der Waals surface area contributed by atoms with Gasteiger partial charge in [-0.05, 0) is 25.3 Å². The standard InChI is InChI=1S/C11H18N4O/c1-16-10-7-13-8-14-11(10)15-4-2-9(6-12)3-5-15/h7-9H,2-6,12H2,1H3. The topological polar surface area (TPSA) is 64.3 Å². The van der Waals surface area contributed by atoms with E-state index in [1.165, 1.54) is 0 Å². The van der Waals surface area contributed by atoms with Gasteiger partial charge in [0.2, 0.25) is 0 Å². The highest BCUT2D eigenvalue weighted by molar-refractivity contribution is 5.50. The van der Waals surface area contributed by atoms with Crippen LogP contribution in [0.4, 0.5) is 5.82 Å².